The van der Waals surface area contributed by atoms with Crippen LogP contribution in [0, 0.1) is 0 Å². The Bertz CT molecular complexity index is 597. The SMILES string of the molecule is CCOC1CCN(C(=O)c2ccc3[nH]ccc3c2)CC1. The van der Waals surface area contributed by atoms with E-state index >= 15 is 0 Å². The fourth-order valence-electron chi connectivity index (χ4n) is 2.83. The van der Waals surface area contributed by atoms with Crippen LogP contribution in [0.25, 0.3) is 10.9 Å². The minimum atomic E-state index is 0.128. The van der Waals surface area contributed by atoms with E-state index in [9.17, 15) is 4.79 Å². The zero-order chi connectivity index (χ0) is 13.9. The summed E-state index contributed by atoms with van der Waals surface area (Å²) in [5.74, 6) is 0.128. The molecule has 1 aromatic carbocycles. The topological polar surface area (TPSA) is 45.3 Å². The number of nitrogens with one attached hydrogen (secondary N) is 1. The molecule has 0 saturated carbocycles. The molecule has 0 unspecified atom stereocenters. The van der Waals surface area contributed by atoms with Gasteiger partial charge in [0.1, 0.15) is 0 Å². The Labute approximate surface area is 118 Å². The standard InChI is InChI=1S/C16H20N2O2/c1-2-20-14-6-9-18(10-7-14)16(19)13-3-4-15-12(11-13)5-8-17-15/h3-5,8,11,14,17H,2,6-7,9-10H2,1H3. The zero-order valence-electron chi connectivity index (χ0n) is 11.8. The second kappa shape index (κ2) is 5.67. The van der Waals surface area contributed by atoms with Crippen molar-refractivity contribution in [2.45, 2.75) is 25.9 Å². The lowest BCUT2D eigenvalue weighted by molar-refractivity contribution is 0.0146. The summed E-state index contributed by atoms with van der Waals surface area (Å²) >= 11 is 0. The van der Waals surface area contributed by atoms with Gasteiger partial charge in [-0.15, -0.1) is 0 Å². The number of fused-ring (bicyclic) bond motifs is 1. The van der Waals surface area contributed by atoms with Crippen LogP contribution >= 0.6 is 0 Å². The molecule has 1 aromatic heterocycles. The maximum atomic E-state index is 12.5. The molecular formula is C16H20N2O2. The number of nitrogens with zero attached hydrogens (tertiary/aromatic N) is 1. The second-order valence-corrected chi connectivity index (χ2v) is 5.23. The Kier molecular flexibility index (Phi) is 3.74. The lowest BCUT2D eigenvalue weighted by Gasteiger charge is -2.31. The molecule has 1 aliphatic rings. The first kappa shape index (κ1) is 13.2. The van der Waals surface area contributed by atoms with Crippen LogP contribution in [0.5, 0.6) is 0 Å². The van der Waals surface area contributed by atoms with E-state index in [1.54, 1.807) is 0 Å². The highest BCUT2D eigenvalue weighted by atomic mass is 16.5. The number of piperidine rings is 1. The van der Waals surface area contributed by atoms with Crippen molar-refractivity contribution in [3.05, 3.63) is 36.0 Å². The maximum absolute atomic E-state index is 12.5. The molecule has 4 nitrogen and oxygen atoms in total. The quantitative estimate of drug-likeness (QED) is 0.933. The molecule has 106 valence electrons. The van der Waals surface area contributed by atoms with Crippen LogP contribution < -0.4 is 0 Å². The van der Waals surface area contributed by atoms with E-state index in [-0.39, 0.29) is 5.91 Å². The highest BCUT2D eigenvalue weighted by Gasteiger charge is 2.23. The molecule has 3 rings (SSSR count). The third-order valence-corrected chi connectivity index (χ3v) is 3.93. The van der Waals surface area contributed by atoms with Crippen molar-refractivity contribution in [2.24, 2.45) is 0 Å². The van der Waals surface area contributed by atoms with Crippen molar-refractivity contribution < 1.29 is 9.53 Å². The van der Waals surface area contributed by atoms with E-state index in [4.69, 9.17) is 4.74 Å². The molecule has 0 aliphatic carbocycles. The van der Waals surface area contributed by atoms with Gasteiger partial charge >= 0.3 is 0 Å². The van der Waals surface area contributed by atoms with Crippen LogP contribution in [0.3, 0.4) is 0 Å². The number of amides is 1. The molecule has 1 amide bonds. The summed E-state index contributed by atoms with van der Waals surface area (Å²) in [6, 6.07) is 7.82. The highest BCUT2D eigenvalue weighted by Crippen LogP contribution is 2.19. The van der Waals surface area contributed by atoms with Crippen molar-refractivity contribution in [1.29, 1.82) is 0 Å². The normalized spacial score (nSPS) is 16.8. The molecule has 4 heteroatoms. The molecule has 20 heavy (non-hydrogen) atoms. The molecule has 0 atom stereocenters. The van der Waals surface area contributed by atoms with Gasteiger partial charge < -0.3 is 14.6 Å². The first-order valence-electron chi connectivity index (χ1n) is 7.26. The number of ether oxygens (including phenoxy) is 1. The highest BCUT2D eigenvalue weighted by molar-refractivity contribution is 5.98. The van der Waals surface area contributed by atoms with E-state index in [1.807, 2.05) is 42.3 Å². The minimum Gasteiger partial charge on any atom is -0.378 e. The molecule has 1 saturated heterocycles. The van der Waals surface area contributed by atoms with Gasteiger partial charge in [0, 0.05) is 42.4 Å². The molecule has 0 spiro atoms. The number of hydrogen-bond acceptors (Lipinski definition) is 2. The van der Waals surface area contributed by atoms with Crippen LogP contribution in [0.4, 0.5) is 0 Å². The number of aromatic amines is 1. The summed E-state index contributed by atoms with van der Waals surface area (Å²) in [6.07, 6.45) is 4.08. The third kappa shape index (κ3) is 2.56. The number of carbonyl (C=O) groups is 1. The number of aromatic nitrogens is 1. The molecule has 1 N–H and O–H groups in total. The van der Waals surface area contributed by atoms with Gasteiger partial charge in [0.05, 0.1) is 6.10 Å². The van der Waals surface area contributed by atoms with Crippen LogP contribution in [0.15, 0.2) is 30.5 Å². The molecule has 1 fully saturated rings. The monoisotopic (exact) mass is 272 g/mol. The van der Waals surface area contributed by atoms with Gasteiger partial charge in [-0.2, -0.15) is 0 Å². The first-order valence-corrected chi connectivity index (χ1v) is 7.26. The summed E-state index contributed by atoms with van der Waals surface area (Å²) in [4.78, 5) is 17.6. The molecular weight excluding hydrogens is 252 g/mol. The summed E-state index contributed by atoms with van der Waals surface area (Å²) < 4.78 is 5.62. The van der Waals surface area contributed by atoms with E-state index in [0.29, 0.717) is 6.10 Å². The maximum Gasteiger partial charge on any atom is 0.253 e. The van der Waals surface area contributed by atoms with Gasteiger partial charge in [-0.25, -0.2) is 0 Å². The number of rotatable bonds is 3. The summed E-state index contributed by atoms with van der Waals surface area (Å²) in [5, 5.41) is 1.08. The summed E-state index contributed by atoms with van der Waals surface area (Å²) in [6.45, 7) is 4.34. The zero-order valence-corrected chi connectivity index (χ0v) is 11.8. The smallest absolute Gasteiger partial charge is 0.253 e. The van der Waals surface area contributed by atoms with Crippen molar-refractivity contribution in [3.8, 4) is 0 Å². The fraction of sp³-hybridized carbons (Fsp3) is 0.438. The molecule has 1 aliphatic heterocycles. The fourth-order valence-corrected chi connectivity index (χ4v) is 2.83. The van der Waals surface area contributed by atoms with Crippen molar-refractivity contribution >= 4 is 16.8 Å². The Morgan fingerprint density at radius 1 is 1.35 bits per heavy atom. The Morgan fingerprint density at radius 3 is 2.90 bits per heavy atom. The Balaban J connectivity index is 1.69. The Hall–Kier alpha value is -1.81. The van der Waals surface area contributed by atoms with Gasteiger partial charge in [0.25, 0.3) is 5.91 Å². The van der Waals surface area contributed by atoms with E-state index in [0.717, 1.165) is 49.0 Å². The van der Waals surface area contributed by atoms with E-state index in [2.05, 4.69) is 4.98 Å². The average molecular weight is 272 g/mol. The lowest BCUT2D eigenvalue weighted by Crippen LogP contribution is -2.40. The first-order chi connectivity index (χ1) is 9.78. The van der Waals surface area contributed by atoms with Gasteiger partial charge in [0.15, 0.2) is 0 Å². The van der Waals surface area contributed by atoms with Gasteiger partial charge in [-0.1, -0.05) is 0 Å². The summed E-state index contributed by atoms with van der Waals surface area (Å²) in [5.41, 5.74) is 1.84. The van der Waals surface area contributed by atoms with Gasteiger partial charge in [-0.05, 0) is 44.0 Å². The number of H-pyrrole nitrogens is 1. The Morgan fingerprint density at radius 2 is 2.15 bits per heavy atom. The third-order valence-electron chi connectivity index (χ3n) is 3.93. The number of likely N-dealkylation sites (tertiary alicyclic amines) is 1. The molecule has 2 heterocycles. The molecule has 0 bridgehead atoms. The van der Waals surface area contributed by atoms with Gasteiger partial charge in [-0.3, -0.25) is 4.79 Å². The molecule has 0 radical (unpaired) electrons. The summed E-state index contributed by atoms with van der Waals surface area (Å²) in [7, 11) is 0. The second-order valence-electron chi connectivity index (χ2n) is 5.23. The van der Waals surface area contributed by atoms with Crippen molar-refractivity contribution in [3.63, 3.8) is 0 Å². The lowest BCUT2D eigenvalue weighted by atomic mass is 10.1. The number of carbonyl (C=O) groups excluding carboxylic acids is 1. The molecule has 2 aromatic rings. The predicted molar refractivity (Wildman–Crippen MR) is 78.9 cm³/mol. The van der Waals surface area contributed by atoms with Crippen LogP contribution in [0.2, 0.25) is 0 Å². The van der Waals surface area contributed by atoms with Crippen molar-refractivity contribution in [1.82, 2.24) is 9.88 Å². The van der Waals surface area contributed by atoms with Crippen LogP contribution in [-0.2, 0) is 4.74 Å². The van der Waals surface area contributed by atoms with Crippen LogP contribution in [0.1, 0.15) is 30.1 Å². The van der Waals surface area contributed by atoms with E-state index in [1.165, 1.54) is 0 Å². The predicted octanol–water partition coefficient (Wildman–Crippen LogP) is 2.81. The number of benzene rings is 1. The van der Waals surface area contributed by atoms with Crippen molar-refractivity contribution in [2.75, 3.05) is 19.7 Å². The minimum absolute atomic E-state index is 0.128. The average Bonchev–Trinajstić information content (AvgIpc) is 2.95. The largest absolute Gasteiger partial charge is 0.378 e. The number of hydrogen-bond donors (Lipinski definition) is 1. The van der Waals surface area contributed by atoms with Gasteiger partial charge in [0.2, 0.25) is 0 Å². The van der Waals surface area contributed by atoms with Crippen LogP contribution in [-0.4, -0.2) is 41.6 Å². The van der Waals surface area contributed by atoms with E-state index < -0.39 is 0 Å².